The van der Waals surface area contributed by atoms with Gasteiger partial charge in [0.15, 0.2) is 10.2 Å². The molecule has 3 aromatic rings. The number of aromatic nitrogens is 1. The number of carbonyl (C=O) groups excluding carboxylic acids is 1. The van der Waals surface area contributed by atoms with E-state index >= 15 is 0 Å². The third kappa shape index (κ3) is 5.09. The van der Waals surface area contributed by atoms with E-state index in [9.17, 15) is 4.79 Å². The molecule has 3 rings (SSSR count). The number of hydrogen-bond donors (Lipinski definition) is 2. The van der Waals surface area contributed by atoms with Crippen molar-refractivity contribution in [3.8, 4) is 0 Å². The van der Waals surface area contributed by atoms with Crippen molar-refractivity contribution < 1.29 is 4.79 Å². The number of amides is 1. The lowest BCUT2D eigenvalue weighted by Gasteiger charge is -2.07. The fraction of sp³-hybridized carbons (Fsp3) is 0.250. The zero-order valence-corrected chi connectivity index (χ0v) is 16.3. The van der Waals surface area contributed by atoms with Crippen molar-refractivity contribution in [3.63, 3.8) is 0 Å². The van der Waals surface area contributed by atoms with Crippen LogP contribution in [-0.2, 0) is 17.6 Å². The molecule has 0 radical (unpaired) electrons. The molecule has 0 saturated heterocycles. The largest absolute Gasteiger partial charge is 0.308 e. The first kappa shape index (κ1) is 18.5. The first-order chi connectivity index (χ1) is 12.6. The summed E-state index contributed by atoms with van der Waals surface area (Å²) in [4.78, 5) is 16.6. The van der Waals surface area contributed by atoms with Crippen molar-refractivity contribution in [2.24, 2.45) is 0 Å². The number of hydrogen-bond acceptors (Lipinski definition) is 4. The minimum absolute atomic E-state index is 0.142. The molecule has 1 heterocycles. The molecule has 2 aromatic carbocycles. The van der Waals surface area contributed by atoms with Gasteiger partial charge in [-0.15, -0.1) is 0 Å². The molecular formula is C20H21N3OS2. The third-order valence-corrected chi connectivity index (χ3v) is 5.09. The summed E-state index contributed by atoms with van der Waals surface area (Å²) in [7, 11) is 0. The average Bonchev–Trinajstić information content (AvgIpc) is 3.01. The number of unbranched alkanes of at least 4 members (excludes halogenated alkanes) is 1. The second-order valence-corrected chi connectivity index (χ2v) is 7.53. The Bertz CT molecular complexity index is 906. The Morgan fingerprint density at radius 1 is 1.15 bits per heavy atom. The number of thiocarbonyl (C=S) groups is 1. The number of carbonyl (C=O) groups is 1. The van der Waals surface area contributed by atoms with Gasteiger partial charge in [0.2, 0.25) is 5.91 Å². The van der Waals surface area contributed by atoms with Crippen molar-refractivity contribution in [1.82, 2.24) is 10.3 Å². The van der Waals surface area contributed by atoms with Gasteiger partial charge in [-0.25, -0.2) is 4.98 Å². The van der Waals surface area contributed by atoms with Gasteiger partial charge in [-0.3, -0.25) is 4.79 Å². The monoisotopic (exact) mass is 383 g/mol. The molecule has 0 aliphatic heterocycles. The second-order valence-electron chi connectivity index (χ2n) is 6.09. The quantitative estimate of drug-likeness (QED) is 0.606. The van der Waals surface area contributed by atoms with E-state index in [-0.39, 0.29) is 11.0 Å². The summed E-state index contributed by atoms with van der Waals surface area (Å²) < 4.78 is 1.12. The SMILES string of the molecule is CCCCc1ccc2nc(NC(=S)NC(=O)Cc3ccccc3)sc2c1. The topological polar surface area (TPSA) is 54.0 Å². The van der Waals surface area contributed by atoms with Crippen LogP contribution in [0.15, 0.2) is 48.5 Å². The predicted octanol–water partition coefficient (Wildman–Crippen LogP) is 4.69. The Kier molecular flexibility index (Phi) is 6.30. The lowest BCUT2D eigenvalue weighted by molar-refractivity contribution is -0.119. The van der Waals surface area contributed by atoms with Crippen LogP contribution in [0.1, 0.15) is 30.9 Å². The van der Waals surface area contributed by atoms with Crippen molar-refractivity contribution in [3.05, 3.63) is 59.7 Å². The van der Waals surface area contributed by atoms with Gasteiger partial charge in [0.05, 0.1) is 16.6 Å². The highest BCUT2D eigenvalue weighted by atomic mass is 32.1. The van der Waals surface area contributed by atoms with Crippen molar-refractivity contribution in [2.75, 3.05) is 5.32 Å². The van der Waals surface area contributed by atoms with Gasteiger partial charge in [-0.2, -0.15) is 0 Å². The molecule has 0 saturated carbocycles. The molecule has 1 amide bonds. The molecule has 4 nitrogen and oxygen atoms in total. The summed E-state index contributed by atoms with van der Waals surface area (Å²) in [5, 5.41) is 6.69. The van der Waals surface area contributed by atoms with E-state index in [2.05, 4.69) is 34.7 Å². The number of nitrogens with zero attached hydrogens (tertiary/aromatic N) is 1. The van der Waals surface area contributed by atoms with E-state index in [4.69, 9.17) is 12.2 Å². The van der Waals surface area contributed by atoms with Crippen molar-refractivity contribution in [1.29, 1.82) is 0 Å². The van der Waals surface area contributed by atoms with E-state index in [1.54, 1.807) is 11.3 Å². The number of benzene rings is 2. The minimum Gasteiger partial charge on any atom is -0.308 e. The van der Waals surface area contributed by atoms with E-state index in [0.29, 0.717) is 11.6 Å². The summed E-state index contributed by atoms with van der Waals surface area (Å²) in [5.41, 5.74) is 3.22. The molecule has 0 fully saturated rings. The van der Waals surface area contributed by atoms with Gasteiger partial charge in [0.25, 0.3) is 0 Å². The summed E-state index contributed by atoms with van der Waals surface area (Å²) in [6.45, 7) is 2.19. The van der Waals surface area contributed by atoms with Gasteiger partial charge < -0.3 is 10.6 Å². The van der Waals surface area contributed by atoms with E-state index in [1.165, 1.54) is 18.4 Å². The first-order valence-electron chi connectivity index (χ1n) is 8.68. The second kappa shape index (κ2) is 8.87. The molecule has 0 aliphatic carbocycles. The molecule has 0 aliphatic rings. The highest BCUT2D eigenvalue weighted by molar-refractivity contribution is 7.80. The van der Waals surface area contributed by atoms with Gasteiger partial charge in [-0.1, -0.05) is 61.1 Å². The van der Waals surface area contributed by atoms with Gasteiger partial charge in [0.1, 0.15) is 0 Å². The number of rotatable bonds is 6. The van der Waals surface area contributed by atoms with Crippen LogP contribution in [-0.4, -0.2) is 16.0 Å². The van der Waals surface area contributed by atoms with Crippen LogP contribution in [0.2, 0.25) is 0 Å². The maximum atomic E-state index is 12.1. The van der Waals surface area contributed by atoms with Crippen LogP contribution >= 0.6 is 23.6 Å². The molecule has 134 valence electrons. The first-order valence-corrected chi connectivity index (χ1v) is 9.90. The number of anilines is 1. The highest BCUT2D eigenvalue weighted by Gasteiger charge is 2.09. The molecule has 26 heavy (non-hydrogen) atoms. The fourth-order valence-corrected chi connectivity index (χ4v) is 3.85. The molecular weight excluding hydrogens is 362 g/mol. The Morgan fingerprint density at radius 3 is 2.73 bits per heavy atom. The number of nitrogens with one attached hydrogen (secondary N) is 2. The third-order valence-electron chi connectivity index (χ3n) is 3.95. The van der Waals surface area contributed by atoms with Gasteiger partial charge in [0, 0.05) is 0 Å². The van der Waals surface area contributed by atoms with E-state index in [0.717, 1.165) is 22.2 Å². The molecule has 6 heteroatoms. The standard InChI is InChI=1S/C20H21N3OS2/c1-2-3-7-15-10-11-16-17(12-15)26-20(21-16)23-19(25)22-18(24)13-14-8-5-4-6-9-14/h4-6,8-12H,2-3,7,13H2,1H3,(H2,21,22,23,24,25). The molecule has 0 unspecified atom stereocenters. The van der Waals surface area contributed by atoms with Crippen LogP contribution < -0.4 is 10.6 Å². The summed E-state index contributed by atoms with van der Waals surface area (Å²) in [6, 6.07) is 15.9. The van der Waals surface area contributed by atoms with E-state index in [1.807, 2.05) is 36.4 Å². The maximum absolute atomic E-state index is 12.1. The normalized spacial score (nSPS) is 10.7. The average molecular weight is 384 g/mol. The van der Waals surface area contributed by atoms with E-state index < -0.39 is 0 Å². The lowest BCUT2D eigenvalue weighted by Crippen LogP contribution is -2.35. The van der Waals surface area contributed by atoms with Crippen LogP contribution in [0.3, 0.4) is 0 Å². The number of aryl methyl sites for hydroxylation is 1. The molecule has 0 spiro atoms. The molecule has 0 bridgehead atoms. The Morgan fingerprint density at radius 2 is 1.96 bits per heavy atom. The van der Waals surface area contributed by atoms with Crippen LogP contribution in [0.5, 0.6) is 0 Å². The Balaban J connectivity index is 1.59. The fourth-order valence-electron chi connectivity index (χ4n) is 2.64. The molecule has 2 N–H and O–H groups in total. The predicted molar refractivity (Wildman–Crippen MR) is 113 cm³/mol. The summed E-state index contributed by atoms with van der Waals surface area (Å²) in [6.07, 6.45) is 3.75. The smallest absolute Gasteiger partial charge is 0.230 e. The van der Waals surface area contributed by atoms with Gasteiger partial charge in [-0.05, 0) is 48.3 Å². The van der Waals surface area contributed by atoms with Crippen LogP contribution in [0.4, 0.5) is 5.13 Å². The number of fused-ring (bicyclic) bond motifs is 1. The summed E-state index contributed by atoms with van der Waals surface area (Å²) in [5.74, 6) is -0.142. The molecule has 1 aromatic heterocycles. The zero-order chi connectivity index (χ0) is 18.4. The van der Waals surface area contributed by atoms with Crippen molar-refractivity contribution >= 4 is 49.9 Å². The van der Waals surface area contributed by atoms with Crippen LogP contribution in [0.25, 0.3) is 10.2 Å². The zero-order valence-electron chi connectivity index (χ0n) is 14.6. The lowest BCUT2D eigenvalue weighted by atomic mass is 10.1. The van der Waals surface area contributed by atoms with Crippen LogP contribution in [0, 0.1) is 0 Å². The maximum Gasteiger partial charge on any atom is 0.230 e. The Labute approximate surface area is 162 Å². The Hall–Kier alpha value is -2.31. The van der Waals surface area contributed by atoms with Gasteiger partial charge >= 0.3 is 0 Å². The van der Waals surface area contributed by atoms with Crippen molar-refractivity contribution in [2.45, 2.75) is 32.6 Å². The molecule has 0 atom stereocenters. The number of thiazole rings is 1. The summed E-state index contributed by atoms with van der Waals surface area (Å²) >= 11 is 6.78. The minimum atomic E-state index is -0.142. The highest BCUT2D eigenvalue weighted by Crippen LogP contribution is 2.27.